The number of hydrogen-bond donors (Lipinski definition) is 2. The molecular formula is C10H15ClN4. The van der Waals surface area contributed by atoms with Crippen LogP contribution in [0.25, 0.3) is 0 Å². The smallest absolute Gasteiger partial charge is 0.224 e. The lowest BCUT2D eigenvalue weighted by Gasteiger charge is -2.14. The molecule has 1 fully saturated rings. The SMILES string of the molecule is CCC1(CNc2nc(Cl)ncc2N)CC1. The van der Waals surface area contributed by atoms with Crippen LogP contribution in [0.15, 0.2) is 6.20 Å². The minimum Gasteiger partial charge on any atom is -0.394 e. The van der Waals surface area contributed by atoms with E-state index < -0.39 is 0 Å². The van der Waals surface area contributed by atoms with Crippen LogP contribution in [0.2, 0.25) is 5.28 Å². The van der Waals surface area contributed by atoms with Crippen molar-refractivity contribution in [3.8, 4) is 0 Å². The molecule has 1 aliphatic rings. The van der Waals surface area contributed by atoms with Crippen LogP contribution in [0.4, 0.5) is 11.5 Å². The number of aromatic nitrogens is 2. The summed E-state index contributed by atoms with van der Waals surface area (Å²) in [6.07, 6.45) is 5.30. The van der Waals surface area contributed by atoms with Crippen molar-refractivity contribution < 1.29 is 0 Å². The maximum atomic E-state index is 5.73. The summed E-state index contributed by atoms with van der Waals surface area (Å²) in [5.74, 6) is 0.648. The Bertz CT molecular complexity index is 362. The maximum Gasteiger partial charge on any atom is 0.224 e. The Labute approximate surface area is 94.2 Å². The van der Waals surface area contributed by atoms with E-state index in [0.29, 0.717) is 16.9 Å². The first-order chi connectivity index (χ1) is 7.15. The van der Waals surface area contributed by atoms with Crippen molar-refractivity contribution in [2.45, 2.75) is 26.2 Å². The molecule has 0 saturated heterocycles. The lowest BCUT2D eigenvalue weighted by Crippen LogP contribution is -2.16. The van der Waals surface area contributed by atoms with E-state index in [0.717, 1.165) is 6.54 Å². The van der Waals surface area contributed by atoms with Gasteiger partial charge in [0.1, 0.15) is 0 Å². The van der Waals surface area contributed by atoms with E-state index in [9.17, 15) is 0 Å². The largest absolute Gasteiger partial charge is 0.394 e. The number of anilines is 2. The zero-order chi connectivity index (χ0) is 10.9. The van der Waals surface area contributed by atoms with Crippen molar-refractivity contribution in [2.24, 2.45) is 5.41 Å². The van der Waals surface area contributed by atoms with Gasteiger partial charge in [0.25, 0.3) is 0 Å². The van der Waals surface area contributed by atoms with E-state index in [1.165, 1.54) is 25.5 Å². The van der Waals surface area contributed by atoms with Gasteiger partial charge in [0.05, 0.1) is 11.9 Å². The molecule has 1 heterocycles. The number of nitrogens with two attached hydrogens (primary N) is 1. The van der Waals surface area contributed by atoms with E-state index in [2.05, 4.69) is 22.2 Å². The van der Waals surface area contributed by atoms with Crippen molar-refractivity contribution in [2.75, 3.05) is 17.6 Å². The Morgan fingerprint density at radius 2 is 2.33 bits per heavy atom. The fourth-order valence-corrected chi connectivity index (χ4v) is 1.75. The van der Waals surface area contributed by atoms with Gasteiger partial charge in [-0.05, 0) is 36.3 Å². The van der Waals surface area contributed by atoms with E-state index in [4.69, 9.17) is 17.3 Å². The Morgan fingerprint density at radius 3 is 2.93 bits per heavy atom. The molecule has 1 aromatic rings. The van der Waals surface area contributed by atoms with Gasteiger partial charge in [0.15, 0.2) is 5.82 Å². The molecular weight excluding hydrogens is 212 g/mol. The van der Waals surface area contributed by atoms with Crippen molar-refractivity contribution in [3.63, 3.8) is 0 Å². The molecule has 15 heavy (non-hydrogen) atoms. The highest BCUT2D eigenvalue weighted by atomic mass is 35.5. The zero-order valence-electron chi connectivity index (χ0n) is 8.76. The van der Waals surface area contributed by atoms with Crippen molar-refractivity contribution in [1.29, 1.82) is 0 Å². The van der Waals surface area contributed by atoms with Gasteiger partial charge in [-0.25, -0.2) is 4.98 Å². The number of rotatable bonds is 4. The van der Waals surface area contributed by atoms with Gasteiger partial charge in [-0.1, -0.05) is 6.92 Å². The molecule has 0 radical (unpaired) electrons. The summed E-state index contributed by atoms with van der Waals surface area (Å²) in [4.78, 5) is 7.86. The molecule has 1 aromatic heterocycles. The predicted molar refractivity (Wildman–Crippen MR) is 61.9 cm³/mol. The molecule has 0 atom stereocenters. The van der Waals surface area contributed by atoms with Crippen LogP contribution in [0.3, 0.4) is 0 Å². The Hall–Kier alpha value is -1.03. The Morgan fingerprint density at radius 1 is 1.60 bits per heavy atom. The third kappa shape index (κ3) is 2.31. The molecule has 0 bridgehead atoms. The van der Waals surface area contributed by atoms with Crippen molar-refractivity contribution in [1.82, 2.24) is 9.97 Å². The summed E-state index contributed by atoms with van der Waals surface area (Å²) < 4.78 is 0. The topological polar surface area (TPSA) is 63.8 Å². The highest BCUT2D eigenvalue weighted by Crippen LogP contribution is 2.48. The van der Waals surface area contributed by atoms with Crippen molar-refractivity contribution in [3.05, 3.63) is 11.5 Å². The first-order valence-corrected chi connectivity index (χ1v) is 5.55. The second-order valence-electron chi connectivity index (χ2n) is 4.15. The quantitative estimate of drug-likeness (QED) is 0.774. The monoisotopic (exact) mass is 226 g/mol. The van der Waals surface area contributed by atoms with Gasteiger partial charge < -0.3 is 11.1 Å². The lowest BCUT2D eigenvalue weighted by atomic mass is 10.0. The number of nitrogen functional groups attached to an aromatic ring is 1. The molecule has 1 aliphatic carbocycles. The van der Waals surface area contributed by atoms with E-state index in [-0.39, 0.29) is 5.28 Å². The number of nitrogens with one attached hydrogen (secondary N) is 1. The van der Waals surface area contributed by atoms with Crippen LogP contribution < -0.4 is 11.1 Å². The summed E-state index contributed by atoms with van der Waals surface area (Å²) in [6.45, 7) is 3.13. The van der Waals surface area contributed by atoms with Gasteiger partial charge in [-0.15, -0.1) is 0 Å². The molecule has 82 valence electrons. The molecule has 4 nitrogen and oxygen atoms in total. The van der Waals surface area contributed by atoms with Crippen LogP contribution in [-0.2, 0) is 0 Å². The van der Waals surface area contributed by atoms with Gasteiger partial charge in [0, 0.05) is 6.54 Å². The fourth-order valence-electron chi connectivity index (χ4n) is 1.61. The van der Waals surface area contributed by atoms with Crippen LogP contribution in [0.5, 0.6) is 0 Å². The highest BCUT2D eigenvalue weighted by molar-refractivity contribution is 6.28. The summed E-state index contributed by atoms with van der Waals surface area (Å²) >= 11 is 5.70. The molecule has 0 aliphatic heterocycles. The summed E-state index contributed by atoms with van der Waals surface area (Å²) in [5.41, 5.74) is 6.74. The van der Waals surface area contributed by atoms with Crippen LogP contribution in [-0.4, -0.2) is 16.5 Å². The second-order valence-corrected chi connectivity index (χ2v) is 4.49. The number of hydrogen-bond acceptors (Lipinski definition) is 4. The van der Waals surface area contributed by atoms with Gasteiger partial charge >= 0.3 is 0 Å². The zero-order valence-corrected chi connectivity index (χ0v) is 9.51. The minimum atomic E-state index is 0.230. The summed E-state index contributed by atoms with van der Waals surface area (Å²) in [6, 6.07) is 0. The molecule has 1 saturated carbocycles. The standard InChI is InChI=1S/C10H15ClN4/c1-2-10(3-4-10)6-14-8-7(12)5-13-9(11)15-8/h5H,2-4,6,12H2,1H3,(H,13,14,15). The van der Waals surface area contributed by atoms with Crippen LogP contribution in [0, 0.1) is 5.41 Å². The minimum absolute atomic E-state index is 0.230. The normalized spacial score (nSPS) is 17.5. The first-order valence-electron chi connectivity index (χ1n) is 5.17. The Kier molecular flexibility index (Phi) is 2.69. The fraction of sp³-hybridized carbons (Fsp3) is 0.600. The average molecular weight is 227 g/mol. The van der Waals surface area contributed by atoms with Crippen molar-refractivity contribution >= 4 is 23.1 Å². The Balaban J connectivity index is 2.01. The van der Waals surface area contributed by atoms with E-state index in [1.807, 2.05) is 0 Å². The number of nitrogens with zero attached hydrogens (tertiary/aromatic N) is 2. The molecule has 2 rings (SSSR count). The summed E-state index contributed by atoms with van der Waals surface area (Å²) in [5, 5.41) is 3.48. The summed E-state index contributed by atoms with van der Waals surface area (Å²) in [7, 11) is 0. The van der Waals surface area contributed by atoms with E-state index >= 15 is 0 Å². The molecule has 0 unspecified atom stereocenters. The van der Waals surface area contributed by atoms with Gasteiger partial charge in [-0.2, -0.15) is 4.98 Å². The predicted octanol–water partition coefficient (Wildman–Crippen LogP) is 2.31. The third-order valence-electron chi connectivity index (χ3n) is 3.13. The molecule has 0 amide bonds. The third-order valence-corrected chi connectivity index (χ3v) is 3.31. The maximum absolute atomic E-state index is 5.73. The number of halogens is 1. The molecule has 3 N–H and O–H groups in total. The molecule has 5 heteroatoms. The average Bonchev–Trinajstić information content (AvgIpc) is 3.00. The molecule has 0 spiro atoms. The van der Waals surface area contributed by atoms with Crippen LogP contribution in [0.1, 0.15) is 26.2 Å². The highest BCUT2D eigenvalue weighted by Gasteiger charge is 2.40. The molecule has 0 aromatic carbocycles. The second kappa shape index (κ2) is 3.85. The van der Waals surface area contributed by atoms with Gasteiger partial charge in [-0.3, -0.25) is 0 Å². The van der Waals surface area contributed by atoms with Crippen LogP contribution >= 0.6 is 11.6 Å². The lowest BCUT2D eigenvalue weighted by molar-refractivity contribution is 0.521. The van der Waals surface area contributed by atoms with E-state index in [1.54, 1.807) is 0 Å². The van der Waals surface area contributed by atoms with Gasteiger partial charge in [0.2, 0.25) is 5.28 Å². The first kappa shape index (κ1) is 10.5.